The molecule has 0 bridgehead atoms. The van der Waals surface area contributed by atoms with E-state index in [4.69, 9.17) is 9.47 Å². The molecule has 0 saturated carbocycles. The van der Waals surface area contributed by atoms with Gasteiger partial charge in [-0.2, -0.15) is 0 Å². The van der Waals surface area contributed by atoms with E-state index in [1.54, 1.807) is 12.1 Å². The molecule has 27 heavy (non-hydrogen) atoms. The zero-order chi connectivity index (χ0) is 19.8. The van der Waals surface area contributed by atoms with Crippen LogP contribution in [0.1, 0.15) is 11.1 Å². The van der Waals surface area contributed by atoms with E-state index >= 15 is 0 Å². The normalized spacial score (nSPS) is 10.9. The SMILES string of the molecule is COC(=O)C=Cc1ccc(OC(=O)C=Cc2ccc(O)c(O)c2)c(OC)c1. The maximum absolute atomic E-state index is 12.0. The Balaban J connectivity index is 2.10. The van der Waals surface area contributed by atoms with Crippen molar-refractivity contribution in [1.29, 1.82) is 0 Å². The minimum Gasteiger partial charge on any atom is -0.504 e. The summed E-state index contributed by atoms with van der Waals surface area (Å²) < 4.78 is 15.0. The highest BCUT2D eigenvalue weighted by Gasteiger charge is 2.09. The average Bonchev–Trinajstić information content (AvgIpc) is 2.67. The highest BCUT2D eigenvalue weighted by Crippen LogP contribution is 2.29. The number of rotatable bonds is 6. The van der Waals surface area contributed by atoms with E-state index in [1.807, 2.05) is 0 Å². The lowest BCUT2D eigenvalue weighted by Crippen LogP contribution is -2.05. The summed E-state index contributed by atoms with van der Waals surface area (Å²) in [6.45, 7) is 0. The number of phenols is 2. The van der Waals surface area contributed by atoms with Crippen LogP contribution >= 0.6 is 0 Å². The fourth-order valence-corrected chi connectivity index (χ4v) is 2.06. The van der Waals surface area contributed by atoms with Gasteiger partial charge < -0.3 is 24.4 Å². The molecule has 2 aromatic carbocycles. The number of ether oxygens (including phenoxy) is 3. The van der Waals surface area contributed by atoms with Gasteiger partial charge in [-0.1, -0.05) is 12.1 Å². The zero-order valence-electron chi connectivity index (χ0n) is 14.7. The van der Waals surface area contributed by atoms with Gasteiger partial charge in [0.1, 0.15) is 0 Å². The molecular weight excluding hydrogens is 352 g/mol. The molecular formula is C20H18O7. The lowest BCUT2D eigenvalue weighted by Gasteiger charge is -2.08. The topological polar surface area (TPSA) is 102 Å². The van der Waals surface area contributed by atoms with Crippen LogP contribution in [0.25, 0.3) is 12.2 Å². The first kappa shape index (κ1) is 19.6. The Morgan fingerprint density at radius 3 is 2.07 bits per heavy atom. The van der Waals surface area contributed by atoms with Crippen molar-refractivity contribution in [2.75, 3.05) is 14.2 Å². The Hall–Kier alpha value is -3.74. The van der Waals surface area contributed by atoms with Gasteiger partial charge in [-0.05, 0) is 47.5 Å². The summed E-state index contributed by atoms with van der Waals surface area (Å²) in [6.07, 6.45) is 5.41. The Labute approximate surface area is 155 Å². The molecule has 0 fully saturated rings. The molecule has 0 aliphatic carbocycles. The molecule has 2 aromatic rings. The molecule has 0 aromatic heterocycles. The maximum Gasteiger partial charge on any atom is 0.336 e. The van der Waals surface area contributed by atoms with Crippen molar-refractivity contribution in [3.05, 3.63) is 59.7 Å². The van der Waals surface area contributed by atoms with Crippen molar-refractivity contribution in [1.82, 2.24) is 0 Å². The fourth-order valence-electron chi connectivity index (χ4n) is 2.06. The summed E-state index contributed by atoms with van der Waals surface area (Å²) in [6, 6.07) is 8.93. The van der Waals surface area contributed by atoms with Crippen molar-refractivity contribution in [2.45, 2.75) is 0 Å². The molecule has 0 saturated heterocycles. The Morgan fingerprint density at radius 2 is 1.44 bits per heavy atom. The van der Waals surface area contributed by atoms with Crippen LogP contribution in [-0.2, 0) is 14.3 Å². The Bertz CT molecular complexity index is 897. The summed E-state index contributed by atoms with van der Waals surface area (Å²) in [7, 11) is 2.71. The van der Waals surface area contributed by atoms with E-state index in [0.717, 1.165) is 0 Å². The third-order valence-corrected chi connectivity index (χ3v) is 3.42. The van der Waals surface area contributed by atoms with E-state index in [-0.39, 0.29) is 17.2 Å². The van der Waals surface area contributed by atoms with Crippen molar-refractivity contribution < 1.29 is 34.0 Å². The fraction of sp³-hybridized carbons (Fsp3) is 0.100. The highest BCUT2D eigenvalue weighted by atomic mass is 16.6. The second kappa shape index (κ2) is 9.10. The van der Waals surface area contributed by atoms with Crippen molar-refractivity contribution in [3.8, 4) is 23.0 Å². The van der Waals surface area contributed by atoms with Crippen LogP contribution in [0.3, 0.4) is 0 Å². The summed E-state index contributed by atoms with van der Waals surface area (Å²) in [5, 5.41) is 18.7. The number of aromatic hydroxyl groups is 2. The van der Waals surface area contributed by atoms with Crippen LogP contribution in [0.5, 0.6) is 23.0 Å². The van der Waals surface area contributed by atoms with Crippen LogP contribution in [0.15, 0.2) is 48.6 Å². The monoisotopic (exact) mass is 370 g/mol. The van der Waals surface area contributed by atoms with Crippen molar-refractivity contribution >= 4 is 24.1 Å². The predicted octanol–water partition coefficient (Wildman–Crippen LogP) is 2.91. The second-order valence-electron chi connectivity index (χ2n) is 5.27. The van der Waals surface area contributed by atoms with Crippen LogP contribution < -0.4 is 9.47 Å². The molecule has 0 radical (unpaired) electrons. The minimum absolute atomic E-state index is 0.205. The second-order valence-corrected chi connectivity index (χ2v) is 5.27. The molecule has 2 rings (SSSR count). The van der Waals surface area contributed by atoms with Gasteiger partial charge in [0.2, 0.25) is 0 Å². The number of esters is 2. The van der Waals surface area contributed by atoms with Crippen LogP contribution in [0, 0.1) is 0 Å². The van der Waals surface area contributed by atoms with Crippen molar-refractivity contribution in [3.63, 3.8) is 0 Å². The van der Waals surface area contributed by atoms with E-state index < -0.39 is 11.9 Å². The molecule has 0 aliphatic heterocycles. The highest BCUT2D eigenvalue weighted by molar-refractivity contribution is 5.89. The number of phenolic OH excluding ortho intramolecular Hbond substituents is 2. The molecule has 140 valence electrons. The molecule has 0 amide bonds. The summed E-state index contributed by atoms with van der Waals surface area (Å²) in [5.41, 5.74) is 1.17. The molecule has 0 atom stereocenters. The number of benzene rings is 2. The Morgan fingerprint density at radius 1 is 0.815 bits per heavy atom. The van der Waals surface area contributed by atoms with Gasteiger partial charge in [-0.3, -0.25) is 0 Å². The largest absolute Gasteiger partial charge is 0.504 e. The molecule has 7 nitrogen and oxygen atoms in total. The van der Waals surface area contributed by atoms with E-state index in [2.05, 4.69) is 4.74 Å². The summed E-state index contributed by atoms with van der Waals surface area (Å²) >= 11 is 0. The molecule has 2 N–H and O–H groups in total. The first-order valence-corrected chi connectivity index (χ1v) is 7.79. The van der Waals surface area contributed by atoms with Crippen LogP contribution in [-0.4, -0.2) is 36.4 Å². The van der Waals surface area contributed by atoms with Gasteiger partial charge in [-0.15, -0.1) is 0 Å². The van der Waals surface area contributed by atoms with Crippen LogP contribution in [0.4, 0.5) is 0 Å². The van der Waals surface area contributed by atoms with Gasteiger partial charge >= 0.3 is 11.9 Å². The summed E-state index contributed by atoms with van der Waals surface area (Å²) in [4.78, 5) is 23.1. The first-order chi connectivity index (χ1) is 12.9. The molecule has 0 aliphatic rings. The minimum atomic E-state index is -0.654. The lowest BCUT2D eigenvalue weighted by molar-refractivity contribution is -0.134. The van der Waals surface area contributed by atoms with E-state index in [1.165, 1.54) is 62.8 Å². The standard InChI is InChI=1S/C20H18O7/c1-25-18-12-14(5-9-19(23)26-2)4-8-17(18)27-20(24)10-6-13-3-7-15(21)16(22)11-13/h3-12,21-22H,1-2H3. The number of carbonyl (C=O) groups is 2. The molecule has 0 unspecified atom stereocenters. The van der Waals surface area contributed by atoms with Crippen LogP contribution in [0.2, 0.25) is 0 Å². The average molecular weight is 370 g/mol. The number of hydrogen-bond donors (Lipinski definition) is 2. The molecule has 0 heterocycles. The van der Waals surface area contributed by atoms with E-state index in [9.17, 15) is 19.8 Å². The van der Waals surface area contributed by atoms with Gasteiger partial charge in [0.25, 0.3) is 0 Å². The third-order valence-electron chi connectivity index (χ3n) is 3.42. The number of hydrogen-bond acceptors (Lipinski definition) is 7. The van der Waals surface area contributed by atoms with Gasteiger partial charge in [0, 0.05) is 12.2 Å². The zero-order valence-corrected chi connectivity index (χ0v) is 14.7. The maximum atomic E-state index is 12.0. The lowest BCUT2D eigenvalue weighted by atomic mass is 10.2. The smallest absolute Gasteiger partial charge is 0.336 e. The molecule has 7 heteroatoms. The first-order valence-electron chi connectivity index (χ1n) is 7.79. The predicted molar refractivity (Wildman–Crippen MR) is 98.5 cm³/mol. The quantitative estimate of drug-likeness (QED) is 0.349. The van der Waals surface area contributed by atoms with Gasteiger partial charge in [-0.25, -0.2) is 9.59 Å². The van der Waals surface area contributed by atoms with Crippen molar-refractivity contribution in [2.24, 2.45) is 0 Å². The summed E-state index contributed by atoms with van der Waals surface area (Å²) in [5.74, 6) is -1.17. The number of carbonyl (C=O) groups excluding carboxylic acids is 2. The van der Waals surface area contributed by atoms with E-state index in [0.29, 0.717) is 16.9 Å². The third kappa shape index (κ3) is 5.64. The number of methoxy groups -OCH3 is 2. The van der Waals surface area contributed by atoms with Gasteiger partial charge in [0.05, 0.1) is 14.2 Å². The Kier molecular flexibility index (Phi) is 6.60. The van der Waals surface area contributed by atoms with Gasteiger partial charge in [0.15, 0.2) is 23.0 Å². The molecule has 0 spiro atoms.